The van der Waals surface area contributed by atoms with Gasteiger partial charge >= 0.3 is 0 Å². The van der Waals surface area contributed by atoms with Gasteiger partial charge in [0.2, 0.25) is 0 Å². The summed E-state index contributed by atoms with van der Waals surface area (Å²) in [6.45, 7) is 9.69. The van der Waals surface area contributed by atoms with Crippen LogP contribution in [0.4, 0.5) is 5.69 Å². The van der Waals surface area contributed by atoms with E-state index in [-0.39, 0.29) is 5.91 Å². The summed E-state index contributed by atoms with van der Waals surface area (Å²) in [6, 6.07) is 14.2. The number of hydrogen-bond donors (Lipinski definition) is 1. The summed E-state index contributed by atoms with van der Waals surface area (Å²) in [4.78, 5) is 14.7. The van der Waals surface area contributed by atoms with E-state index in [9.17, 15) is 4.79 Å². The van der Waals surface area contributed by atoms with Gasteiger partial charge in [-0.3, -0.25) is 4.79 Å². The Morgan fingerprint density at radius 3 is 2.56 bits per heavy atom. The van der Waals surface area contributed by atoms with Crippen LogP contribution in [0, 0.1) is 13.8 Å². The lowest BCUT2D eigenvalue weighted by atomic mass is 10.1. The standard InChI is InChI=1S/C22H28N2O3/c1-16-5-4-6-21(17(16)2)27-18(3)22(25)23-15-19-7-9-20(10-8-19)24-11-13-26-14-12-24/h4-10,18H,11-15H2,1-3H3,(H,23,25)/t18-/m0/s1. The maximum Gasteiger partial charge on any atom is 0.261 e. The van der Waals surface area contributed by atoms with E-state index in [2.05, 4.69) is 34.5 Å². The Balaban J connectivity index is 1.51. The largest absolute Gasteiger partial charge is 0.481 e. The summed E-state index contributed by atoms with van der Waals surface area (Å²) >= 11 is 0. The molecule has 27 heavy (non-hydrogen) atoms. The highest BCUT2D eigenvalue weighted by molar-refractivity contribution is 5.80. The number of amides is 1. The lowest BCUT2D eigenvalue weighted by Crippen LogP contribution is -2.36. The molecule has 0 aliphatic carbocycles. The minimum absolute atomic E-state index is 0.117. The molecule has 1 N–H and O–H groups in total. The molecule has 1 fully saturated rings. The number of ether oxygens (including phenoxy) is 2. The van der Waals surface area contributed by atoms with Gasteiger partial charge in [-0.25, -0.2) is 0 Å². The molecule has 3 rings (SSSR count). The molecule has 0 bridgehead atoms. The first-order valence-corrected chi connectivity index (χ1v) is 9.47. The minimum atomic E-state index is -0.543. The first-order chi connectivity index (χ1) is 13.0. The summed E-state index contributed by atoms with van der Waals surface area (Å²) in [6.07, 6.45) is -0.543. The fourth-order valence-corrected chi connectivity index (χ4v) is 3.07. The molecule has 1 atom stereocenters. The van der Waals surface area contributed by atoms with Crippen molar-refractivity contribution in [3.8, 4) is 5.75 Å². The van der Waals surface area contributed by atoms with Gasteiger partial charge in [-0.05, 0) is 55.7 Å². The minimum Gasteiger partial charge on any atom is -0.481 e. The first kappa shape index (κ1) is 19.2. The molecule has 2 aromatic carbocycles. The highest BCUT2D eigenvalue weighted by Crippen LogP contribution is 2.22. The van der Waals surface area contributed by atoms with Crippen LogP contribution in [0.3, 0.4) is 0 Å². The normalized spacial score (nSPS) is 15.3. The van der Waals surface area contributed by atoms with Crippen molar-refractivity contribution in [1.82, 2.24) is 5.32 Å². The number of hydrogen-bond acceptors (Lipinski definition) is 4. The Kier molecular flexibility index (Phi) is 6.35. The quantitative estimate of drug-likeness (QED) is 0.851. The van der Waals surface area contributed by atoms with E-state index < -0.39 is 6.10 Å². The van der Waals surface area contributed by atoms with Crippen LogP contribution in [-0.2, 0) is 16.1 Å². The van der Waals surface area contributed by atoms with Crippen LogP contribution in [-0.4, -0.2) is 38.3 Å². The third-order valence-corrected chi connectivity index (χ3v) is 5.01. The highest BCUT2D eigenvalue weighted by Gasteiger charge is 2.16. The van der Waals surface area contributed by atoms with Crippen molar-refractivity contribution in [1.29, 1.82) is 0 Å². The summed E-state index contributed by atoms with van der Waals surface area (Å²) in [5.41, 5.74) is 4.48. The van der Waals surface area contributed by atoms with E-state index in [1.165, 1.54) is 5.69 Å². The first-order valence-electron chi connectivity index (χ1n) is 9.47. The SMILES string of the molecule is Cc1cccc(O[C@@H](C)C(=O)NCc2ccc(N3CCOCC3)cc2)c1C. The molecule has 1 saturated heterocycles. The molecule has 0 aromatic heterocycles. The van der Waals surface area contributed by atoms with Crippen molar-refractivity contribution < 1.29 is 14.3 Å². The molecule has 5 heteroatoms. The van der Waals surface area contributed by atoms with Gasteiger partial charge in [0.1, 0.15) is 5.75 Å². The van der Waals surface area contributed by atoms with Crippen LogP contribution in [0.5, 0.6) is 5.75 Å². The van der Waals surface area contributed by atoms with Crippen LogP contribution < -0.4 is 15.0 Å². The van der Waals surface area contributed by atoms with Crippen molar-refractivity contribution in [3.63, 3.8) is 0 Å². The second-order valence-electron chi connectivity index (χ2n) is 6.94. The Morgan fingerprint density at radius 1 is 1.15 bits per heavy atom. The van der Waals surface area contributed by atoms with Gasteiger partial charge in [0, 0.05) is 25.3 Å². The zero-order valence-electron chi connectivity index (χ0n) is 16.3. The van der Waals surface area contributed by atoms with E-state index in [0.717, 1.165) is 48.7 Å². The molecule has 1 amide bonds. The van der Waals surface area contributed by atoms with Gasteiger partial charge in [-0.15, -0.1) is 0 Å². The van der Waals surface area contributed by atoms with Gasteiger partial charge in [-0.1, -0.05) is 24.3 Å². The number of morpholine rings is 1. The van der Waals surface area contributed by atoms with Crippen molar-refractivity contribution in [3.05, 3.63) is 59.2 Å². The molecular formula is C22H28N2O3. The van der Waals surface area contributed by atoms with Crippen LogP contribution in [0.15, 0.2) is 42.5 Å². The van der Waals surface area contributed by atoms with Crippen molar-refractivity contribution in [2.75, 3.05) is 31.2 Å². The number of benzene rings is 2. The number of nitrogens with one attached hydrogen (secondary N) is 1. The smallest absolute Gasteiger partial charge is 0.261 e. The fraction of sp³-hybridized carbons (Fsp3) is 0.409. The molecular weight excluding hydrogens is 340 g/mol. The zero-order valence-corrected chi connectivity index (χ0v) is 16.3. The van der Waals surface area contributed by atoms with Gasteiger partial charge in [0.05, 0.1) is 13.2 Å². The zero-order chi connectivity index (χ0) is 19.2. The summed E-state index contributed by atoms with van der Waals surface area (Å²) in [5, 5.41) is 2.95. The molecule has 0 unspecified atom stereocenters. The molecule has 0 radical (unpaired) electrons. The summed E-state index contributed by atoms with van der Waals surface area (Å²) in [7, 11) is 0. The molecule has 0 spiro atoms. The van der Waals surface area contributed by atoms with E-state index >= 15 is 0 Å². The lowest BCUT2D eigenvalue weighted by molar-refractivity contribution is -0.127. The number of nitrogens with zero attached hydrogens (tertiary/aromatic N) is 1. The van der Waals surface area contributed by atoms with Crippen LogP contribution in [0.2, 0.25) is 0 Å². The second kappa shape index (κ2) is 8.91. The Labute approximate surface area is 161 Å². The molecule has 2 aromatic rings. The van der Waals surface area contributed by atoms with Crippen LogP contribution >= 0.6 is 0 Å². The molecule has 5 nitrogen and oxygen atoms in total. The van der Waals surface area contributed by atoms with Gasteiger partial charge < -0.3 is 19.7 Å². The van der Waals surface area contributed by atoms with Crippen molar-refractivity contribution >= 4 is 11.6 Å². The average Bonchev–Trinajstić information content (AvgIpc) is 2.70. The third-order valence-electron chi connectivity index (χ3n) is 5.01. The number of aryl methyl sites for hydroxylation is 1. The van der Waals surface area contributed by atoms with Crippen molar-refractivity contribution in [2.45, 2.75) is 33.4 Å². The summed E-state index contributed by atoms with van der Waals surface area (Å²) < 4.78 is 11.2. The fourth-order valence-electron chi connectivity index (χ4n) is 3.07. The van der Waals surface area contributed by atoms with E-state index in [4.69, 9.17) is 9.47 Å². The predicted molar refractivity (Wildman–Crippen MR) is 107 cm³/mol. The lowest BCUT2D eigenvalue weighted by Gasteiger charge is -2.28. The topological polar surface area (TPSA) is 50.8 Å². The molecule has 1 aliphatic rings. The highest BCUT2D eigenvalue weighted by atomic mass is 16.5. The van der Waals surface area contributed by atoms with Gasteiger partial charge in [-0.2, -0.15) is 0 Å². The van der Waals surface area contributed by atoms with E-state index in [1.807, 2.05) is 32.0 Å². The molecule has 144 valence electrons. The van der Waals surface area contributed by atoms with E-state index in [1.54, 1.807) is 6.92 Å². The average molecular weight is 368 g/mol. The molecule has 1 aliphatic heterocycles. The monoisotopic (exact) mass is 368 g/mol. The molecule has 1 heterocycles. The maximum absolute atomic E-state index is 12.4. The van der Waals surface area contributed by atoms with Crippen molar-refractivity contribution in [2.24, 2.45) is 0 Å². The van der Waals surface area contributed by atoms with Gasteiger partial charge in [0.15, 0.2) is 6.10 Å². The number of carbonyl (C=O) groups is 1. The Bertz CT molecular complexity index is 768. The third kappa shape index (κ3) is 5.01. The number of anilines is 1. The maximum atomic E-state index is 12.4. The van der Waals surface area contributed by atoms with Crippen LogP contribution in [0.1, 0.15) is 23.6 Å². The van der Waals surface area contributed by atoms with E-state index in [0.29, 0.717) is 6.54 Å². The number of carbonyl (C=O) groups excluding carboxylic acids is 1. The summed E-state index contributed by atoms with van der Waals surface area (Å²) in [5.74, 6) is 0.640. The Morgan fingerprint density at radius 2 is 1.85 bits per heavy atom. The predicted octanol–water partition coefficient (Wildman–Crippen LogP) is 3.22. The van der Waals surface area contributed by atoms with Crippen LogP contribution in [0.25, 0.3) is 0 Å². The second-order valence-corrected chi connectivity index (χ2v) is 6.94. The Hall–Kier alpha value is -2.53. The number of rotatable bonds is 6. The van der Waals surface area contributed by atoms with Gasteiger partial charge in [0.25, 0.3) is 5.91 Å². The molecule has 0 saturated carbocycles.